The number of thioether (sulfide) groups is 1. The van der Waals surface area contributed by atoms with Crippen LogP contribution >= 0.6 is 11.8 Å². The highest BCUT2D eigenvalue weighted by atomic mass is 32.2. The second kappa shape index (κ2) is 10.9. The Morgan fingerprint density at radius 2 is 1.82 bits per heavy atom. The van der Waals surface area contributed by atoms with Gasteiger partial charge in [-0.25, -0.2) is 4.68 Å². The molecule has 0 saturated heterocycles. The van der Waals surface area contributed by atoms with Crippen LogP contribution in [0.5, 0.6) is 0 Å². The Bertz CT molecular complexity index is 1170. The monoisotopic (exact) mass is 476 g/mol. The molecule has 3 aromatic rings. The molecule has 34 heavy (non-hydrogen) atoms. The third-order valence-corrected chi connectivity index (χ3v) is 7.42. The van der Waals surface area contributed by atoms with Crippen molar-refractivity contribution < 1.29 is 9.59 Å². The maximum absolute atomic E-state index is 13.1. The van der Waals surface area contributed by atoms with Gasteiger partial charge in [0.1, 0.15) is 0 Å². The Labute approximate surface area is 205 Å². The summed E-state index contributed by atoms with van der Waals surface area (Å²) in [4.78, 5) is 28.6. The topological polar surface area (TPSA) is 67.2 Å². The van der Waals surface area contributed by atoms with E-state index in [0.29, 0.717) is 23.0 Å². The van der Waals surface area contributed by atoms with Crippen molar-refractivity contribution in [2.45, 2.75) is 56.9 Å². The molecule has 178 valence electrons. The molecule has 2 amide bonds. The summed E-state index contributed by atoms with van der Waals surface area (Å²) in [5.74, 6) is 0.247. The molecule has 1 aliphatic carbocycles. The Morgan fingerprint density at radius 3 is 2.56 bits per heavy atom. The number of aryl methyl sites for hydroxylation is 2. The number of hydrogen-bond donors (Lipinski definition) is 1. The third kappa shape index (κ3) is 5.70. The van der Waals surface area contributed by atoms with Gasteiger partial charge in [0.2, 0.25) is 5.91 Å². The summed E-state index contributed by atoms with van der Waals surface area (Å²) in [5, 5.41) is 7.53. The van der Waals surface area contributed by atoms with Gasteiger partial charge in [-0.1, -0.05) is 37.5 Å². The molecule has 2 aromatic carbocycles. The summed E-state index contributed by atoms with van der Waals surface area (Å²) in [7, 11) is 1.91. The quantitative estimate of drug-likeness (QED) is 0.449. The Hall–Kier alpha value is -3.06. The number of hydrogen-bond acceptors (Lipinski definition) is 4. The summed E-state index contributed by atoms with van der Waals surface area (Å²) in [5.41, 5.74) is 4.13. The van der Waals surface area contributed by atoms with Crippen LogP contribution in [-0.4, -0.2) is 45.3 Å². The van der Waals surface area contributed by atoms with Gasteiger partial charge in [-0.05, 0) is 63.1 Å². The van der Waals surface area contributed by atoms with E-state index in [1.54, 1.807) is 6.07 Å². The van der Waals surface area contributed by atoms with Crippen LogP contribution in [-0.2, 0) is 4.79 Å². The molecular formula is C27H32N4O2S. The first-order valence-corrected chi connectivity index (χ1v) is 12.8. The van der Waals surface area contributed by atoms with Gasteiger partial charge in [0.05, 0.1) is 22.7 Å². The van der Waals surface area contributed by atoms with Crippen molar-refractivity contribution in [1.82, 2.24) is 14.7 Å². The number of aromatic nitrogens is 2. The van der Waals surface area contributed by atoms with Gasteiger partial charge >= 0.3 is 0 Å². The van der Waals surface area contributed by atoms with E-state index in [0.717, 1.165) is 34.8 Å². The molecular weight excluding hydrogens is 444 g/mol. The molecule has 4 rings (SSSR count). The molecule has 1 heterocycles. The van der Waals surface area contributed by atoms with Crippen LogP contribution in [0.15, 0.2) is 59.5 Å². The van der Waals surface area contributed by atoms with E-state index in [1.807, 2.05) is 79.0 Å². The fraction of sp³-hybridized carbons (Fsp3) is 0.370. The van der Waals surface area contributed by atoms with Crippen molar-refractivity contribution in [2.24, 2.45) is 0 Å². The summed E-state index contributed by atoms with van der Waals surface area (Å²) < 4.78 is 1.86. The molecule has 0 unspecified atom stereocenters. The molecule has 0 radical (unpaired) electrons. The zero-order valence-corrected chi connectivity index (χ0v) is 20.9. The number of benzene rings is 2. The summed E-state index contributed by atoms with van der Waals surface area (Å²) >= 11 is 1.42. The van der Waals surface area contributed by atoms with Crippen LogP contribution < -0.4 is 5.32 Å². The predicted octanol–water partition coefficient (Wildman–Crippen LogP) is 5.62. The number of anilines is 1. The molecule has 6 nitrogen and oxygen atoms in total. The fourth-order valence-corrected chi connectivity index (χ4v) is 5.47. The fourth-order valence-electron chi connectivity index (χ4n) is 4.50. The van der Waals surface area contributed by atoms with Gasteiger partial charge in [-0.15, -0.1) is 11.8 Å². The lowest BCUT2D eigenvalue weighted by molar-refractivity contribution is -0.129. The van der Waals surface area contributed by atoms with Crippen molar-refractivity contribution in [1.29, 1.82) is 0 Å². The van der Waals surface area contributed by atoms with Gasteiger partial charge in [0, 0.05) is 29.4 Å². The number of nitrogens with one attached hydrogen (secondary N) is 1. The van der Waals surface area contributed by atoms with Crippen molar-refractivity contribution >= 4 is 29.3 Å². The standard InChI is InChI=1S/C27H32N4O2S/c1-19-16-20(2)31(29-19)23-13-9-10-21(17-23)28-27(33)24-14-7-8-15-25(24)34-18-26(32)30(3)22-11-5-4-6-12-22/h7-10,13-17,22H,4-6,11-12,18H2,1-3H3,(H,28,33). The molecule has 1 N–H and O–H groups in total. The predicted molar refractivity (Wildman–Crippen MR) is 138 cm³/mol. The van der Waals surface area contributed by atoms with Crippen LogP contribution in [0.3, 0.4) is 0 Å². The molecule has 1 aliphatic rings. The van der Waals surface area contributed by atoms with Gasteiger partial charge in [0.25, 0.3) is 5.91 Å². The summed E-state index contributed by atoms with van der Waals surface area (Å²) in [6.07, 6.45) is 5.82. The zero-order valence-electron chi connectivity index (χ0n) is 20.1. The molecule has 0 atom stereocenters. The SMILES string of the molecule is Cc1cc(C)n(-c2cccc(NC(=O)c3ccccc3SCC(=O)N(C)C3CCCCC3)c2)n1. The van der Waals surface area contributed by atoms with Crippen molar-refractivity contribution in [3.63, 3.8) is 0 Å². The van der Waals surface area contributed by atoms with Crippen LogP contribution in [0.25, 0.3) is 5.69 Å². The van der Waals surface area contributed by atoms with E-state index in [-0.39, 0.29) is 11.8 Å². The van der Waals surface area contributed by atoms with Crippen LogP contribution in [0, 0.1) is 13.8 Å². The Kier molecular flexibility index (Phi) is 7.73. The largest absolute Gasteiger partial charge is 0.342 e. The number of rotatable bonds is 7. The first-order valence-electron chi connectivity index (χ1n) is 11.8. The number of nitrogens with zero attached hydrogens (tertiary/aromatic N) is 3. The maximum Gasteiger partial charge on any atom is 0.256 e. The van der Waals surface area contributed by atoms with Crippen LogP contribution in [0.2, 0.25) is 0 Å². The molecule has 0 aliphatic heterocycles. The highest BCUT2D eigenvalue weighted by Crippen LogP contribution is 2.27. The molecule has 7 heteroatoms. The Morgan fingerprint density at radius 1 is 1.06 bits per heavy atom. The second-order valence-electron chi connectivity index (χ2n) is 8.92. The van der Waals surface area contributed by atoms with Gasteiger partial charge in [-0.2, -0.15) is 5.10 Å². The normalized spacial score (nSPS) is 14.1. The van der Waals surface area contributed by atoms with E-state index in [4.69, 9.17) is 0 Å². The molecule has 1 saturated carbocycles. The maximum atomic E-state index is 13.1. The molecule has 1 aromatic heterocycles. The van der Waals surface area contributed by atoms with E-state index < -0.39 is 0 Å². The van der Waals surface area contributed by atoms with E-state index >= 15 is 0 Å². The summed E-state index contributed by atoms with van der Waals surface area (Å²) in [6, 6.07) is 17.5. The van der Waals surface area contributed by atoms with Crippen LogP contribution in [0.4, 0.5) is 5.69 Å². The van der Waals surface area contributed by atoms with Crippen molar-refractivity contribution in [3.8, 4) is 5.69 Å². The lowest BCUT2D eigenvalue weighted by atomic mass is 9.94. The van der Waals surface area contributed by atoms with Gasteiger partial charge in [-0.3, -0.25) is 9.59 Å². The minimum Gasteiger partial charge on any atom is -0.342 e. The number of amides is 2. The van der Waals surface area contributed by atoms with Gasteiger partial charge < -0.3 is 10.2 Å². The lowest BCUT2D eigenvalue weighted by Crippen LogP contribution is -2.39. The van der Waals surface area contributed by atoms with Gasteiger partial charge in [0.15, 0.2) is 0 Å². The number of carbonyl (C=O) groups excluding carboxylic acids is 2. The molecule has 0 spiro atoms. The zero-order chi connectivity index (χ0) is 24.1. The average Bonchev–Trinajstić information content (AvgIpc) is 3.20. The lowest BCUT2D eigenvalue weighted by Gasteiger charge is -2.31. The number of carbonyl (C=O) groups is 2. The Balaban J connectivity index is 1.43. The highest BCUT2D eigenvalue weighted by Gasteiger charge is 2.22. The minimum absolute atomic E-state index is 0.115. The average molecular weight is 477 g/mol. The van der Waals surface area contributed by atoms with E-state index in [2.05, 4.69) is 10.4 Å². The third-order valence-electron chi connectivity index (χ3n) is 6.36. The highest BCUT2D eigenvalue weighted by molar-refractivity contribution is 8.00. The van der Waals surface area contributed by atoms with E-state index in [9.17, 15) is 9.59 Å². The molecule has 1 fully saturated rings. The van der Waals surface area contributed by atoms with E-state index in [1.165, 1.54) is 31.0 Å². The van der Waals surface area contributed by atoms with Crippen LogP contribution in [0.1, 0.15) is 53.8 Å². The van der Waals surface area contributed by atoms with Crippen molar-refractivity contribution in [3.05, 3.63) is 71.5 Å². The smallest absolute Gasteiger partial charge is 0.256 e. The summed E-state index contributed by atoms with van der Waals surface area (Å²) in [6.45, 7) is 3.97. The first kappa shape index (κ1) is 24.1. The molecule has 0 bridgehead atoms. The second-order valence-corrected chi connectivity index (χ2v) is 9.94. The van der Waals surface area contributed by atoms with Crippen molar-refractivity contribution in [2.75, 3.05) is 18.1 Å². The minimum atomic E-state index is -0.193. The first-order chi connectivity index (χ1) is 16.4.